The molecule has 0 unspecified atom stereocenters. The third kappa shape index (κ3) is 9.73. The molecule has 88 valence electrons. The molecule has 0 fully saturated rings. The molecule has 0 aliphatic carbocycles. The molecule has 0 atom stereocenters. The first kappa shape index (κ1) is 14.4. The van der Waals surface area contributed by atoms with Gasteiger partial charge in [-0.2, -0.15) is 0 Å². The number of hydrogen-bond donors (Lipinski definition) is 2. The smallest absolute Gasteiger partial charge is 0.212 e. The molecule has 0 heterocycles. The van der Waals surface area contributed by atoms with Crippen LogP contribution < -0.4 is 10.0 Å². The highest BCUT2D eigenvalue weighted by Gasteiger charge is 2.07. The van der Waals surface area contributed by atoms with Gasteiger partial charge in [-0.15, -0.1) is 12.3 Å². The maximum atomic E-state index is 11.3. The van der Waals surface area contributed by atoms with E-state index >= 15 is 0 Å². The Morgan fingerprint density at radius 1 is 1.27 bits per heavy atom. The van der Waals surface area contributed by atoms with Gasteiger partial charge in [0.15, 0.2) is 0 Å². The third-order valence-corrected chi connectivity index (χ3v) is 3.25. The predicted octanol–water partition coefficient (Wildman–Crippen LogP) is 0.319. The van der Waals surface area contributed by atoms with Gasteiger partial charge in [0.1, 0.15) is 0 Å². The zero-order valence-corrected chi connectivity index (χ0v) is 10.1. The lowest BCUT2D eigenvalue weighted by molar-refractivity contribution is 0.573. The van der Waals surface area contributed by atoms with E-state index in [1.165, 1.54) is 0 Å². The van der Waals surface area contributed by atoms with Crippen molar-refractivity contribution >= 4 is 10.0 Å². The van der Waals surface area contributed by atoms with Crippen molar-refractivity contribution in [3.63, 3.8) is 0 Å². The predicted molar refractivity (Wildman–Crippen MR) is 63.0 cm³/mol. The average Bonchev–Trinajstić information content (AvgIpc) is 2.17. The molecule has 0 aromatic heterocycles. The van der Waals surface area contributed by atoms with Crippen molar-refractivity contribution in [3.8, 4) is 12.3 Å². The second kappa shape index (κ2) is 8.72. The van der Waals surface area contributed by atoms with Crippen LogP contribution in [0.2, 0.25) is 0 Å². The van der Waals surface area contributed by atoms with Gasteiger partial charge in [-0.3, -0.25) is 0 Å². The first-order chi connectivity index (χ1) is 7.12. The third-order valence-electron chi connectivity index (χ3n) is 1.87. The monoisotopic (exact) mass is 232 g/mol. The number of terminal acetylenes is 1. The number of rotatable bonds is 9. The molecule has 0 aliphatic heterocycles. The molecule has 0 radical (unpaired) electrons. The van der Waals surface area contributed by atoms with Crippen LogP contribution >= 0.6 is 0 Å². The molecule has 0 spiro atoms. The molecule has 0 amide bonds. The van der Waals surface area contributed by atoms with Crippen LogP contribution in [0.25, 0.3) is 0 Å². The Kier molecular flexibility index (Phi) is 8.38. The van der Waals surface area contributed by atoms with E-state index < -0.39 is 10.0 Å². The second-order valence-electron chi connectivity index (χ2n) is 3.23. The number of sulfonamides is 1. The van der Waals surface area contributed by atoms with Gasteiger partial charge >= 0.3 is 0 Å². The van der Waals surface area contributed by atoms with Gasteiger partial charge in [0.05, 0.1) is 5.75 Å². The van der Waals surface area contributed by atoms with Crippen LogP contribution in [0, 0.1) is 12.3 Å². The van der Waals surface area contributed by atoms with Crippen molar-refractivity contribution in [2.75, 3.05) is 25.4 Å². The van der Waals surface area contributed by atoms with Crippen LogP contribution in [-0.2, 0) is 10.0 Å². The largest absolute Gasteiger partial charge is 0.316 e. The minimum atomic E-state index is -3.11. The minimum absolute atomic E-state index is 0.135. The summed E-state index contributed by atoms with van der Waals surface area (Å²) in [4.78, 5) is 0. The van der Waals surface area contributed by atoms with E-state index in [4.69, 9.17) is 6.42 Å². The van der Waals surface area contributed by atoms with Gasteiger partial charge in [0.2, 0.25) is 10.0 Å². The van der Waals surface area contributed by atoms with Crippen LogP contribution in [0.1, 0.15) is 26.2 Å². The van der Waals surface area contributed by atoms with Crippen LogP contribution in [-0.4, -0.2) is 33.8 Å². The van der Waals surface area contributed by atoms with Gasteiger partial charge in [0.25, 0.3) is 0 Å². The summed E-state index contributed by atoms with van der Waals surface area (Å²) in [5, 5.41) is 2.97. The highest BCUT2D eigenvalue weighted by Crippen LogP contribution is 1.93. The van der Waals surface area contributed by atoms with Crippen molar-refractivity contribution in [3.05, 3.63) is 0 Å². The topological polar surface area (TPSA) is 58.2 Å². The Bertz CT molecular complexity index is 280. The van der Waals surface area contributed by atoms with Crippen molar-refractivity contribution in [2.45, 2.75) is 26.2 Å². The fraction of sp³-hybridized carbons (Fsp3) is 0.800. The lowest BCUT2D eigenvalue weighted by atomic mass is 10.2. The summed E-state index contributed by atoms with van der Waals surface area (Å²) in [7, 11) is -3.11. The summed E-state index contributed by atoms with van der Waals surface area (Å²) in [5.41, 5.74) is 0. The minimum Gasteiger partial charge on any atom is -0.316 e. The second-order valence-corrected chi connectivity index (χ2v) is 5.15. The SMILES string of the molecule is C#CCCCCNS(=O)(=O)CCNCC. The molecule has 0 aromatic rings. The van der Waals surface area contributed by atoms with Crippen molar-refractivity contribution in [2.24, 2.45) is 0 Å². The summed E-state index contributed by atoms with van der Waals surface area (Å²) in [6.07, 6.45) is 7.45. The molecular formula is C10H20N2O2S. The normalized spacial score (nSPS) is 11.2. The van der Waals surface area contributed by atoms with E-state index in [-0.39, 0.29) is 5.75 Å². The van der Waals surface area contributed by atoms with Crippen LogP contribution in [0.5, 0.6) is 0 Å². The Balaban J connectivity index is 3.53. The molecule has 0 saturated carbocycles. The Morgan fingerprint density at radius 3 is 2.60 bits per heavy atom. The zero-order valence-electron chi connectivity index (χ0n) is 9.25. The van der Waals surface area contributed by atoms with Gasteiger partial charge in [-0.1, -0.05) is 6.92 Å². The van der Waals surface area contributed by atoms with E-state index in [0.29, 0.717) is 19.5 Å². The number of hydrogen-bond acceptors (Lipinski definition) is 3. The lowest BCUT2D eigenvalue weighted by Gasteiger charge is -2.06. The van der Waals surface area contributed by atoms with E-state index in [1.54, 1.807) is 0 Å². The Hall–Kier alpha value is -0.570. The molecule has 4 nitrogen and oxygen atoms in total. The highest BCUT2D eigenvalue weighted by molar-refractivity contribution is 7.89. The van der Waals surface area contributed by atoms with Gasteiger partial charge in [-0.25, -0.2) is 13.1 Å². The molecule has 0 aliphatic rings. The van der Waals surface area contributed by atoms with Crippen LogP contribution in [0.15, 0.2) is 0 Å². The van der Waals surface area contributed by atoms with Crippen LogP contribution in [0.3, 0.4) is 0 Å². The molecule has 0 saturated heterocycles. The molecule has 0 bridgehead atoms. The number of nitrogens with one attached hydrogen (secondary N) is 2. The molecular weight excluding hydrogens is 212 g/mol. The van der Waals surface area contributed by atoms with E-state index in [9.17, 15) is 8.42 Å². The molecule has 15 heavy (non-hydrogen) atoms. The quantitative estimate of drug-likeness (QED) is 0.444. The Morgan fingerprint density at radius 2 is 2.00 bits per heavy atom. The average molecular weight is 232 g/mol. The van der Waals surface area contributed by atoms with Gasteiger partial charge < -0.3 is 5.32 Å². The van der Waals surface area contributed by atoms with E-state index in [0.717, 1.165) is 19.4 Å². The van der Waals surface area contributed by atoms with Crippen molar-refractivity contribution in [1.29, 1.82) is 0 Å². The van der Waals surface area contributed by atoms with Gasteiger partial charge in [-0.05, 0) is 19.4 Å². The molecule has 5 heteroatoms. The highest BCUT2D eigenvalue weighted by atomic mass is 32.2. The molecule has 0 rings (SSSR count). The maximum Gasteiger partial charge on any atom is 0.212 e. The van der Waals surface area contributed by atoms with Crippen LogP contribution in [0.4, 0.5) is 0 Å². The van der Waals surface area contributed by atoms with E-state index in [1.807, 2.05) is 6.92 Å². The Labute approximate surface area is 92.9 Å². The van der Waals surface area contributed by atoms with Crippen molar-refractivity contribution < 1.29 is 8.42 Å². The molecule has 0 aromatic carbocycles. The summed E-state index contributed by atoms with van der Waals surface area (Å²) in [5.74, 6) is 2.65. The first-order valence-electron chi connectivity index (χ1n) is 5.24. The van der Waals surface area contributed by atoms with E-state index in [2.05, 4.69) is 16.0 Å². The fourth-order valence-corrected chi connectivity index (χ4v) is 2.05. The van der Waals surface area contributed by atoms with Gasteiger partial charge in [0, 0.05) is 19.5 Å². The lowest BCUT2D eigenvalue weighted by Crippen LogP contribution is -2.32. The number of unbranched alkanes of at least 4 members (excludes halogenated alkanes) is 2. The zero-order chi connectivity index (χ0) is 11.6. The molecule has 2 N–H and O–H groups in total. The first-order valence-corrected chi connectivity index (χ1v) is 6.89. The fourth-order valence-electron chi connectivity index (χ4n) is 1.04. The summed E-state index contributed by atoms with van der Waals surface area (Å²) in [6.45, 7) is 3.71. The standard InChI is InChI=1S/C10H20N2O2S/c1-3-5-6-7-8-12-15(13,14)10-9-11-4-2/h1,11-12H,4-10H2,2H3. The summed E-state index contributed by atoms with van der Waals surface area (Å²) < 4.78 is 25.2. The van der Waals surface area contributed by atoms with Crippen molar-refractivity contribution in [1.82, 2.24) is 10.0 Å². The summed E-state index contributed by atoms with van der Waals surface area (Å²) in [6, 6.07) is 0. The maximum absolute atomic E-state index is 11.3. The summed E-state index contributed by atoms with van der Waals surface area (Å²) >= 11 is 0.